The van der Waals surface area contributed by atoms with Crippen LogP contribution in [0.4, 0.5) is 5.69 Å². The molecule has 2 rings (SSSR count). The van der Waals surface area contributed by atoms with Crippen molar-refractivity contribution in [1.82, 2.24) is 9.13 Å². The lowest BCUT2D eigenvalue weighted by molar-refractivity contribution is 0.416. The fourth-order valence-electron chi connectivity index (χ4n) is 2.01. The maximum absolute atomic E-state index is 12.1. The lowest BCUT2D eigenvalue weighted by Crippen LogP contribution is -2.38. The first-order chi connectivity index (χ1) is 9.93. The Labute approximate surface area is 130 Å². The summed E-state index contributed by atoms with van der Waals surface area (Å²) in [5.41, 5.74) is 0.618. The van der Waals surface area contributed by atoms with Gasteiger partial charge in [-0.1, -0.05) is 15.9 Å². The van der Waals surface area contributed by atoms with Crippen molar-refractivity contribution < 1.29 is 4.74 Å². The van der Waals surface area contributed by atoms with Crippen LogP contribution >= 0.6 is 15.9 Å². The van der Waals surface area contributed by atoms with Gasteiger partial charge in [-0.2, -0.15) is 0 Å². The molecule has 0 unspecified atom stereocenters. The van der Waals surface area contributed by atoms with Crippen LogP contribution in [0.25, 0.3) is 0 Å². The number of hydrogen-bond donors (Lipinski definition) is 1. The fraction of sp³-hybridized carbons (Fsp3) is 0.286. The average molecular weight is 354 g/mol. The largest absolute Gasteiger partial charge is 0.495 e. The zero-order chi connectivity index (χ0) is 15.6. The third kappa shape index (κ3) is 3.18. The topological polar surface area (TPSA) is 65.3 Å². The molecule has 1 N–H and O–H groups in total. The van der Waals surface area contributed by atoms with Crippen molar-refractivity contribution in [2.75, 3.05) is 12.4 Å². The van der Waals surface area contributed by atoms with Gasteiger partial charge in [-0.15, -0.1) is 0 Å². The Morgan fingerprint density at radius 1 is 1.29 bits per heavy atom. The van der Waals surface area contributed by atoms with Crippen molar-refractivity contribution in [3.05, 3.63) is 55.3 Å². The molecule has 0 saturated carbocycles. The summed E-state index contributed by atoms with van der Waals surface area (Å²) in [7, 11) is 4.67. The Hall–Kier alpha value is -2.02. The van der Waals surface area contributed by atoms with Gasteiger partial charge in [0.1, 0.15) is 5.75 Å². The summed E-state index contributed by atoms with van der Waals surface area (Å²) in [6.07, 6.45) is 1.54. The number of ether oxygens (including phenoxy) is 1. The minimum absolute atomic E-state index is 0.299. The lowest BCUT2D eigenvalue weighted by atomic mass is 10.2. The number of halogens is 1. The SMILES string of the molecule is COc1ccc(Br)cc1NCc1cn(C)c(=O)n(C)c1=O. The van der Waals surface area contributed by atoms with Crippen LogP contribution in [0.5, 0.6) is 5.75 Å². The van der Waals surface area contributed by atoms with Gasteiger partial charge >= 0.3 is 5.69 Å². The van der Waals surface area contributed by atoms with Crippen molar-refractivity contribution in [1.29, 1.82) is 0 Å². The summed E-state index contributed by atoms with van der Waals surface area (Å²) in [4.78, 5) is 23.7. The predicted molar refractivity (Wildman–Crippen MR) is 84.9 cm³/mol. The molecule has 1 heterocycles. The zero-order valence-electron chi connectivity index (χ0n) is 12.0. The minimum atomic E-state index is -0.344. The predicted octanol–water partition coefficient (Wildman–Crippen LogP) is 1.47. The standard InChI is InChI=1S/C14H16BrN3O3/c1-17-8-9(13(19)18(2)14(17)20)7-16-11-6-10(15)4-5-12(11)21-3/h4-6,8,16H,7H2,1-3H3. The highest BCUT2D eigenvalue weighted by atomic mass is 79.9. The van der Waals surface area contributed by atoms with E-state index in [-0.39, 0.29) is 11.2 Å². The summed E-state index contributed by atoms with van der Waals surface area (Å²) >= 11 is 3.39. The Balaban J connectivity index is 2.31. The molecule has 0 aliphatic carbocycles. The van der Waals surface area contributed by atoms with E-state index in [1.54, 1.807) is 20.4 Å². The monoisotopic (exact) mass is 353 g/mol. The number of anilines is 1. The van der Waals surface area contributed by atoms with Gasteiger partial charge in [0.25, 0.3) is 5.56 Å². The van der Waals surface area contributed by atoms with Gasteiger partial charge in [-0.25, -0.2) is 4.79 Å². The van der Waals surface area contributed by atoms with Crippen LogP contribution in [0.2, 0.25) is 0 Å². The number of aryl methyl sites for hydroxylation is 1. The van der Waals surface area contributed by atoms with Crippen LogP contribution < -0.4 is 21.3 Å². The first kappa shape index (κ1) is 15.4. The highest BCUT2D eigenvalue weighted by Gasteiger charge is 2.08. The molecule has 1 aromatic heterocycles. The van der Waals surface area contributed by atoms with E-state index < -0.39 is 0 Å². The molecule has 0 saturated heterocycles. The van der Waals surface area contributed by atoms with Crippen LogP contribution in [-0.2, 0) is 20.6 Å². The summed E-state index contributed by atoms with van der Waals surface area (Å²) < 4.78 is 8.64. The quantitative estimate of drug-likeness (QED) is 0.903. The molecule has 112 valence electrons. The smallest absolute Gasteiger partial charge is 0.330 e. The molecule has 7 heteroatoms. The number of aromatic nitrogens is 2. The highest BCUT2D eigenvalue weighted by molar-refractivity contribution is 9.10. The Morgan fingerprint density at radius 2 is 2.00 bits per heavy atom. The van der Waals surface area contributed by atoms with Crippen LogP contribution in [0.3, 0.4) is 0 Å². The van der Waals surface area contributed by atoms with E-state index in [1.165, 1.54) is 11.6 Å². The van der Waals surface area contributed by atoms with Crippen molar-refractivity contribution >= 4 is 21.6 Å². The van der Waals surface area contributed by atoms with Gasteiger partial charge < -0.3 is 14.6 Å². The molecule has 0 fully saturated rings. The molecule has 6 nitrogen and oxygen atoms in total. The van der Waals surface area contributed by atoms with Gasteiger partial charge in [0, 0.05) is 31.3 Å². The average Bonchev–Trinajstić information content (AvgIpc) is 2.47. The maximum Gasteiger partial charge on any atom is 0.330 e. The van der Waals surface area contributed by atoms with E-state index in [0.717, 1.165) is 14.7 Å². The van der Waals surface area contributed by atoms with E-state index in [4.69, 9.17) is 4.74 Å². The van der Waals surface area contributed by atoms with Crippen molar-refractivity contribution in [2.45, 2.75) is 6.54 Å². The van der Waals surface area contributed by atoms with E-state index in [1.807, 2.05) is 18.2 Å². The number of nitrogens with zero attached hydrogens (tertiary/aromatic N) is 2. The third-order valence-electron chi connectivity index (χ3n) is 3.15. The van der Waals surface area contributed by atoms with Crippen LogP contribution in [0.1, 0.15) is 5.56 Å². The molecule has 0 aliphatic rings. The van der Waals surface area contributed by atoms with E-state index in [0.29, 0.717) is 17.9 Å². The van der Waals surface area contributed by atoms with Gasteiger partial charge in [-0.3, -0.25) is 9.36 Å². The molecule has 21 heavy (non-hydrogen) atoms. The fourth-order valence-corrected chi connectivity index (χ4v) is 2.37. The first-order valence-electron chi connectivity index (χ1n) is 6.27. The second-order valence-electron chi connectivity index (χ2n) is 4.61. The number of benzene rings is 1. The third-order valence-corrected chi connectivity index (χ3v) is 3.64. The summed E-state index contributed by atoms with van der Waals surface area (Å²) in [5.74, 6) is 0.680. The summed E-state index contributed by atoms with van der Waals surface area (Å²) in [6, 6.07) is 5.56. The van der Waals surface area contributed by atoms with Gasteiger partial charge in [0.05, 0.1) is 18.4 Å². The lowest BCUT2D eigenvalue weighted by Gasteiger charge is -2.12. The van der Waals surface area contributed by atoms with Crippen LogP contribution in [0, 0.1) is 0 Å². The summed E-state index contributed by atoms with van der Waals surface area (Å²) in [5, 5.41) is 3.15. The molecular weight excluding hydrogens is 338 g/mol. The van der Waals surface area contributed by atoms with Gasteiger partial charge in [0.2, 0.25) is 0 Å². The van der Waals surface area contributed by atoms with Crippen LogP contribution in [0.15, 0.2) is 38.5 Å². The minimum Gasteiger partial charge on any atom is -0.495 e. The molecule has 0 aliphatic heterocycles. The normalized spacial score (nSPS) is 10.5. The molecule has 0 atom stereocenters. The Bertz CT molecular complexity index is 780. The molecule has 0 bridgehead atoms. The number of methoxy groups -OCH3 is 1. The molecule has 0 radical (unpaired) electrons. The molecule has 2 aromatic rings. The molecular formula is C14H16BrN3O3. The highest BCUT2D eigenvalue weighted by Crippen LogP contribution is 2.28. The number of rotatable bonds is 4. The first-order valence-corrected chi connectivity index (χ1v) is 7.06. The second kappa shape index (κ2) is 6.17. The van der Waals surface area contributed by atoms with E-state index >= 15 is 0 Å². The van der Waals surface area contributed by atoms with E-state index in [2.05, 4.69) is 21.2 Å². The van der Waals surface area contributed by atoms with Crippen molar-refractivity contribution in [3.63, 3.8) is 0 Å². The summed E-state index contributed by atoms with van der Waals surface area (Å²) in [6.45, 7) is 0.299. The molecule has 0 spiro atoms. The number of nitrogens with one attached hydrogen (secondary N) is 1. The Morgan fingerprint density at radius 3 is 2.67 bits per heavy atom. The second-order valence-corrected chi connectivity index (χ2v) is 5.53. The Kier molecular flexibility index (Phi) is 4.52. The zero-order valence-corrected chi connectivity index (χ0v) is 13.6. The van der Waals surface area contributed by atoms with Gasteiger partial charge in [0.15, 0.2) is 0 Å². The van der Waals surface area contributed by atoms with Crippen LogP contribution in [-0.4, -0.2) is 16.2 Å². The van der Waals surface area contributed by atoms with Crippen molar-refractivity contribution in [2.24, 2.45) is 14.1 Å². The number of hydrogen-bond acceptors (Lipinski definition) is 4. The molecule has 0 amide bonds. The molecule has 1 aromatic carbocycles. The van der Waals surface area contributed by atoms with E-state index in [9.17, 15) is 9.59 Å². The van der Waals surface area contributed by atoms with Gasteiger partial charge in [-0.05, 0) is 18.2 Å². The maximum atomic E-state index is 12.1. The van der Waals surface area contributed by atoms with Crippen molar-refractivity contribution in [3.8, 4) is 5.75 Å².